The summed E-state index contributed by atoms with van der Waals surface area (Å²) in [6, 6.07) is 5.52. The second-order valence-corrected chi connectivity index (χ2v) is 5.92. The van der Waals surface area contributed by atoms with Crippen LogP contribution in [-0.4, -0.2) is 59.8 Å². The lowest BCUT2D eigenvalue weighted by atomic mass is 10.1. The molecule has 4 N–H and O–H groups in total. The summed E-state index contributed by atoms with van der Waals surface area (Å²) in [5.41, 5.74) is 2.30. The molecule has 0 saturated heterocycles. The Morgan fingerprint density at radius 3 is 2.84 bits per heavy atom. The molecule has 0 radical (unpaired) electrons. The van der Waals surface area contributed by atoms with Crippen LogP contribution in [0.15, 0.2) is 18.2 Å². The van der Waals surface area contributed by atoms with E-state index in [0.717, 1.165) is 16.6 Å². The predicted molar refractivity (Wildman–Crippen MR) is 93.9 cm³/mol. The summed E-state index contributed by atoms with van der Waals surface area (Å²) in [6.07, 6.45) is -0.635. The molecule has 0 aliphatic rings. The molecule has 7 nitrogen and oxygen atoms in total. The number of carbonyl (C=O) groups is 1. The summed E-state index contributed by atoms with van der Waals surface area (Å²) in [7, 11) is 1.90. The quantitative estimate of drug-likeness (QED) is 0.435. The second-order valence-electron chi connectivity index (χ2n) is 5.92. The molecule has 138 valence electrons. The molecule has 0 fully saturated rings. The highest BCUT2D eigenvalue weighted by atomic mass is 16.5. The van der Waals surface area contributed by atoms with Gasteiger partial charge in [0.15, 0.2) is 0 Å². The third-order valence-electron chi connectivity index (χ3n) is 4.16. The molecule has 1 heterocycles. The minimum Gasteiger partial charge on any atom is -0.491 e. The van der Waals surface area contributed by atoms with E-state index in [-0.39, 0.29) is 19.2 Å². The number of ether oxygens (including phenoxy) is 2. The smallest absolute Gasteiger partial charge is 0.340 e. The summed E-state index contributed by atoms with van der Waals surface area (Å²) in [6.45, 7) is 5.22. The van der Waals surface area contributed by atoms with Crippen LogP contribution in [0.2, 0.25) is 0 Å². The van der Waals surface area contributed by atoms with Gasteiger partial charge in [-0.05, 0) is 32.0 Å². The Labute approximate surface area is 147 Å². The number of hydrogen-bond acceptors (Lipinski definition) is 5. The topological polar surface area (TPSA) is 97.5 Å². The van der Waals surface area contributed by atoms with Crippen molar-refractivity contribution in [2.45, 2.75) is 20.0 Å². The van der Waals surface area contributed by atoms with Gasteiger partial charge < -0.3 is 29.6 Å². The minimum atomic E-state index is -0.635. The number of benzene rings is 1. The average molecular weight is 351 g/mol. The number of quaternary nitrogens is 1. The number of nitrogens with two attached hydrogens (primary N) is 1. The van der Waals surface area contributed by atoms with Gasteiger partial charge in [0.2, 0.25) is 0 Å². The second kappa shape index (κ2) is 8.84. The van der Waals surface area contributed by atoms with E-state index >= 15 is 0 Å². The maximum Gasteiger partial charge on any atom is 0.340 e. The van der Waals surface area contributed by atoms with Crippen molar-refractivity contribution >= 4 is 16.9 Å². The third kappa shape index (κ3) is 4.50. The van der Waals surface area contributed by atoms with Crippen LogP contribution in [0.4, 0.5) is 0 Å². The molecule has 25 heavy (non-hydrogen) atoms. The molecule has 2 rings (SSSR count). The van der Waals surface area contributed by atoms with Crippen LogP contribution in [0.5, 0.6) is 5.75 Å². The molecule has 1 aromatic carbocycles. The molecule has 0 bridgehead atoms. The number of aliphatic hydroxyl groups excluding tert-OH is 2. The summed E-state index contributed by atoms with van der Waals surface area (Å²) < 4.78 is 12.8. The number of aryl methyl sites for hydroxylation is 1. The molecule has 0 aliphatic carbocycles. The largest absolute Gasteiger partial charge is 0.491 e. The van der Waals surface area contributed by atoms with Crippen molar-refractivity contribution in [3.05, 3.63) is 29.5 Å². The number of aromatic nitrogens is 1. The van der Waals surface area contributed by atoms with Gasteiger partial charge >= 0.3 is 5.97 Å². The molecule has 0 spiro atoms. The molecular weight excluding hydrogens is 324 g/mol. The summed E-state index contributed by atoms with van der Waals surface area (Å²) >= 11 is 0. The van der Waals surface area contributed by atoms with Crippen LogP contribution >= 0.6 is 0 Å². The molecule has 0 saturated carbocycles. The molecule has 0 amide bonds. The fourth-order valence-electron chi connectivity index (χ4n) is 2.76. The molecule has 0 unspecified atom stereocenters. The van der Waals surface area contributed by atoms with E-state index in [1.54, 1.807) is 13.0 Å². The minimum absolute atomic E-state index is 0.0776. The zero-order valence-electron chi connectivity index (χ0n) is 15.0. The number of carbonyl (C=O) groups excluding carboxylic acids is 1. The first-order valence-corrected chi connectivity index (χ1v) is 8.49. The molecule has 1 aromatic heterocycles. The van der Waals surface area contributed by atoms with Gasteiger partial charge in [-0.2, -0.15) is 0 Å². The van der Waals surface area contributed by atoms with Crippen molar-refractivity contribution in [2.75, 3.05) is 32.9 Å². The molecule has 1 atom stereocenters. The van der Waals surface area contributed by atoms with E-state index in [9.17, 15) is 9.90 Å². The summed E-state index contributed by atoms with van der Waals surface area (Å²) in [4.78, 5) is 12.3. The summed E-state index contributed by atoms with van der Waals surface area (Å²) in [5, 5.41) is 21.2. The fraction of sp³-hybridized carbons (Fsp3) is 0.500. The Morgan fingerprint density at radius 1 is 1.40 bits per heavy atom. The lowest BCUT2D eigenvalue weighted by molar-refractivity contribution is -0.662. The average Bonchev–Trinajstić information content (AvgIpc) is 2.84. The summed E-state index contributed by atoms with van der Waals surface area (Å²) in [5.74, 6) is 0.242. The van der Waals surface area contributed by atoms with E-state index in [4.69, 9.17) is 14.6 Å². The van der Waals surface area contributed by atoms with Gasteiger partial charge in [-0.1, -0.05) is 0 Å². The highest BCUT2D eigenvalue weighted by Gasteiger charge is 2.20. The molecular formula is C18H27N2O5+. The van der Waals surface area contributed by atoms with Crippen LogP contribution in [0.1, 0.15) is 23.0 Å². The van der Waals surface area contributed by atoms with E-state index in [0.29, 0.717) is 31.0 Å². The maximum atomic E-state index is 12.3. The fourth-order valence-corrected chi connectivity index (χ4v) is 2.76. The number of rotatable bonds is 9. The third-order valence-corrected chi connectivity index (χ3v) is 4.16. The van der Waals surface area contributed by atoms with Gasteiger partial charge in [0.1, 0.15) is 25.0 Å². The first-order valence-electron chi connectivity index (χ1n) is 8.49. The van der Waals surface area contributed by atoms with Crippen LogP contribution in [0.25, 0.3) is 10.9 Å². The first kappa shape index (κ1) is 19.2. The van der Waals surface area contributed by atoms with Crippen LogP contribution < -0.4 is 10.1 Å². The zero-order valence-corrected chi connectivity index (χ0v) is 15.0. The molecule has 7 heteroatoms. The number of hydrogen-bond donors (Lipinski definition) is 3. The van der Waals surface area contributed by atoms with Crippen LogP contribution in [-0.2, 0) is 11.8 Å². The normalized spacial score (nSPS) is 12.4. The number of fused-ring (bicyclic) bond motifs is 1. The van der Waals surface area contributed by atoms with Crippen molar-refractivity contribution in [1.82, 2.24) is 4.57 Å². The van der Waals surface area contributed by atoms with Crippen molar-refractivity contribution in [3.63, 3.8) is 0 Å². The zero-order chi connectivity index (χ0) is 18.4. The number of nitrogens with zero attached hydrogens (tertiary/aromatic N) is 1. The van der Waals surface area contributed by atoms with Gasteiger partial charge in [0.25, 0.3) is 0 Å². The highest BCUT2D eigenvalue weighted by molar-refractivity contribution is 6.06. The van der Waals surface area contributed by atoms with E-state index in [2.05, 4.69) is 0 Å². The van der Waals surface area contributed by atoms with Crippen molar-refractivity contribution in [1.29, 1.82) is 0 Å². The van der Waals surface area contributed by atoms with Crippen molar-refractivity contribution < 1.29 is 29.8 Å². The van der Waals surface area contributed by atoms with Crippen molar-refractivity contribution in [2.24, 2.45) is 7.05 Å². The van der Waals surface area contributed by atoms with Crippen LogP contribution in [0, 0.1) is 6.92 Å². The van der Waals surface area contributed by atoms with E-state index in [1.807, 2.05) is 36.0 Å². The maximum absolute atomic E-state index is 12.3. The van der Waals surface area contributed by atoms with Gasteiger partial charge in [-0.3, -0.25) is 0 Å². The SMILES string of the molecule is CCOC(=O)c1c(C)n(C)c2ccc(OC[C@H](O)C[NH2+]CCO)cc12. The Balaban J connectivity index is 2.18. The van der Waals surface area contributed by atoms with Crippen LogP contribution in [0.3, 0.4) is 0 Å². The molecule has 2 aromatic rings. The monoisotopic (exact) mass is 351 g/mol. The Bertz CT molecular complexity index is 726. The standard InChI is InChI=1S/C18H26N2O5/c1-4-24-18(23)17-12(2)20(3)16-6-5-14(9-15(16)17)25-11-13(22)10-19-7-8-21/h5-6,9,13,19,21-22H,4,7-8,10-11H2,1-3H3/p+1/t13-/m1/s1. The van der Waals surface area contributed by atoms with Crippen molar-refractivity contribution in [3.8, 4) is 5.75 Å². The first-order chi connectivity index (χ1) is 12.0. The van der Waals surface area contributed by atoms with Gasteiger partial charge in [0, 0.05) is 23.6 Å². The van der Waals surface area contributed by atoms with Gasteiger partial charge in [-0.15, -0.1) is 0 Å². The Morgan fingerprint density at radius 2 is 2.16 bits per heavy atom. The number of aliphatic hydroxyl groups is 2. The lowest BCUT2D eigenvalue weighted by Gasteiger charge is -2.11. The van der Waals surface area contributed by atoms with E-state index < -0.39 is 6.10 Å². The Hall–Kier alpha value is -2.09. The highest BCUT2D eigenvalue weighted by Crippen LogP contribution is 2.29. The molecule has 0 aliphatic heterocycles. The van der Waals surface area contributed by atoms with Gasteiger partial charge in [0.05, 0.1) is 25.3 Å². The predicted octanol–water partition coefficient (Wildman–Crippen LogP) is -0.0412. The lowest BCUT2D eigenvalue weighted by Crippen LogP contribution is -2.87. The number of esters is 1. The van der Waals surface area contributed by atoms with E-state index in [1.165, 1.54) is 0 Å². The Kier molecular flexibility index (Phi) is 6.81. The van der Waals surface area contributed by atoms with Gasteiger partial charge in [-0.25, -0.2) is 4.79 Å².